The number of nitrogens with one attached hydrogen (secondary N) is 1. The fraction of sp³-hybridized carbons (Fsp3) is 0.300. The Morgan fingerprint density at radius 2 is 2.21 bits per heavy atom. The number of nitrogens with two attached hydrogens (primary N) is 1. The molecule has 4 rings (SSSR count). The smallest absolute Gasteiger partial charge is 0.345 e. The molecule has 3 aromatic rings. The molecule has 1 aliphatic heterocycles. The molecule has 3 N–H and O–H groups in total. The summed E-state index contributed by atoms with van der Waals surface area (Å²) in [4.78, 5) is 25.8. The van der Waals surface area contributed by atoms with Gasteiger partial charge >= 0.3 is 6.03 Å². The molecule has 0 radical (unpaired) electrons. The fourth-order valence-corrected chi connectivity index (χ4v) is 3.09. The highest BCUT2D eigenvalue weighted by atomic mass is 16.7. The van der Waals surface area contributed by atoms with Crippen molar-refractivity contribution in [2.45, 2.75) is 26.8 Å². The number of nitrogen functional groups attached to an aromatic ring is 1. The molecule has 0 spiro atoms. The van der Waals surface area contributed by atoms with Crippen LogP contribution >= 0.6 is 0 Å². The van der Waals surface area contributed by atoms with E-state index in [-0.39, 0.29) is 6.03 Å². The molecule has 0 aliphatic carbocycles. The summed E-state index contributed by atoms with van der Waals surface area (Å²) >= 11 is 0. The molecule has 29 heavy (non-hydrogen) atoms. The summed E-state index contributed by atoms with van der Waals surface area (Å²) in [6.07, 6.45) is 2.26. The Hall–Kier alpha value is -3.64. The van der Waals surface area contributed by atoms with Gasteiger partial charge in [0.25, 0.3) is 0 Å². The molecule has 0 saturated carbocycles. The van der Waals surface area contributed by atoms with E-state index in [1.54, 1.807) is 4.68 Å². The number of hydrogen-bond acceptors (Lipinski definition) is 6. The molecule has 9 nitrogen and oxygen atoms in total. The molecule has 1 fully saturated rings. The van der Waals surface area contributed by atoms with Crippen molar-refractivity contribution in [3.63, 3.8) is 0 Å². The first-order valence-corrected chi connectivity index (χ1v) is 9.38. The third kappa shape index (κ3) is 3.70. The lowest BCUT2D eigenvalue weighted by atomic mass is 10.1. The number of benzene rings is 1. The first kappa shape index (κ1) is 18.7. The zero-order valence-corrected chi connectivity index (χ0v) is 16.3. The van der Waals surface area contributed by atoms with E-state index in [9.17, 15) is 4.79 Å². The summed E-state index contributed by atoms with van der Waals surface area (Å²) in [7, 11) is 0. The summed E-state index contributed by atoms with van der Waals surface area (Å²) < 4.78 is 1.75. The van der Waals surface area contributed by atoms with Crippen molar-refractivity contribution in [2.75, 3.05) is 24.2 Å². The summed E-state index contributed by atoms with van der Waals surface area (Å²) in [5.74, 6) is 6.57. The summed E-state index contributed by atoms with van der Waals surface area (Å²) in [5.41, 5.74) is 9.62. The number of urea groups is 1. The first-order valence-electron chi connectivity index (χ1n) is 9.38. The number of nitrogens with zero attached hydrogens (tertiary/aromatic N) is 5. The normalized spacial score (nSPS) is 13.4. The molecule has 9 heteroatoms. The predicted octanol–water partition coefficient (Wildman–Crippen LogP) is 2.31. The van der Waals surface area contributed by atoms with Gasteiger partial charge in [-0.1, -0.05) is 12.0 Å². The topological polar surface area (TPSA) is 111 Å². The van der Waals surface area contributed by atoms with Crippen molar-refractivity contribution in [1.29, 1.82) is 0 Å². The number of fused-ring (bicyclic) bond motifs is 1. The van der Waals surface area contributed by atoms with Crippen LogP contribution in [0.1, 0.15) is 30.2 Å². The summed E-state index contributed by atoms with van der Waals surface area (Å²) in [6.45, 7) is 5.72. The van der Waals surface area contributed by atoms with Gasteiger partial charge < -0.3 is 11.1 Å². The Balaban J connectivity index is 1.65. The molecule has 1 saturated heterocycles. The molecule has 0 atom stereocenters. The number of carbonyl (C=O) groups is 1. The summed E-state index contributed by atoms with van der Waals surface area (Å²) in [5, 5.41) is 9.32. The minimum atomic E-state index is -0.289. The highest BCUT2D eigenvalue weighted by Crippen LogP contribution is 2.21. The number of hydrogen-bond donors (Lipinski definition) is 2. The molecular formula is C20H21N7O2. The van der Waals surface area contributed by atoms with Crippen molar-refractivity contribution >= 4 is 28.6 Å². The highest BCUT2D eigenvalue weighted by molar-refractivity contribution is 5.91. The number of rotatable bonds is 2. The van der Waals surface area contributed by atoms with Gasteiger partial charge in [0.05, 0.1) is 18.5 Å². The lowest BCUT2D eigenvalue weighted by Crippen LogP contribution is -2.31. The Kier molecular flexibility index (Phi) is 5.01. The van der Waals surface area contributed by atoms with Crippen LogP contribution in [-0.4, -0.2) is 44.0 Å². The quantitative estimate of drug-likeness (QED) is 0.649. The average Bonchev–Trinajstić information content (AvgIpc) is 3.37. The van der Waals surface area contributed by atoms with Crippen molar-refractivity contribution in [1.82, 2.24) is 24.8 Å². The molecule has 3 heterocycles. The molecule has 1 aromatic carbocycles. The van der Waals surface area contributed by atoms with Crippen LogP contribution < -0.4 is 11.1 Å². The molecule has 2 amide bonds. The molecule has 2 aromatic heterocycles. The lowest BCUT2D eigenvalue weighted by molar-refractivity contribution is -0.0614. The predicted molar refractivity (Wildman–Crippen MR) is 109 cm³/mol. The van der Waals surface area contributed by atoms with Crippen LogP contribution in [0, 0.1) is 18.8 Å². The fourth-order valence-electron chi connectivity index (χ4n) is 3.09. The second-order valence-corrected chi connectivity index (χ2v) is 6.62. The van der Waals surface area contributed by atoms with E-state index >= 15 is 0 Å². The van der Waals surface area contributed by atoms with Crippen molar-refractivity contribution in [3.05, 3.63) is 41.3 Å². The van der Waals surface area contributed by atoms with E-state index in [2.05, 4.69) is 32.2 Å². The third-order valence-electron chi connectivity index (χ3n) is 4.64. The van der Waals surface area contributed by atoms with Gasteiger partial charge in [-0.3, -0.25) is 4.84 Å². The monoisotopic (exact) mass is 391 g/mol. The second-order valence-electron chi connectivity index (χ2n) is 6.62. The van der Waals surface area contributed by atoms with Crippen LogP contribution in [0.5, 0.6) is 0 Å². The highest BCUT2D eigenvalue weighted by Gasteiger charge is 2.19. The Bertz CT molecular complexity index is 1140. The molecule has 0 unspecified atom stereocenters. The SMILES string of the molecule is CCn1nc(C#Cc2cc(NC(=O)N3CCCO3)ccc2C)c2c(N)ncnc21. The van der Waals surface area contributed by atoms with Crippen LogP contribution in [-0.2, 0) is 11.4 Å². The van der Waals surface area contributed by atoms with Crippen LogP contribution in [0.25, 0.3) is 11.0 Å². The van der Waals surface area contributed by atoms with E-state index in [1.165, 1.54) is 11.4 Å². The number of amides is 2. The average molecular weight is 391 g/mol. The van der Waals surface area contributed by atoms with Crippen LogP contribution in [0.2, 0.25) is 0 Å². The zero-order chi connectivity index (χ0) is 20.4. The van der Waals surface area contributed by atoms with E-state index in [0.29, 0.717) is 47.9 Å². The van der Waals surface area contributed by atoms with Gasteiger partial charge in [0.1, 0.15) is 17.8 Å². The largest absolute Gasteiger partial charge is 0.383 e. The number of anilines is 2. The molecular weight excluding hydrogens is 370 g/mol. The van der Waals surface area contributed by atoms with Crippen molar-refractivity contribution in [2.24, 2.45) is 0 Å². The molecule has 148 valence electrons. The van der Waals surface area contributed by atoms with Gasteiger partial charge in [0, 0.05) is 17.8 Å². The van der Waals surface area contributed by atoms with Crippen molar-refractivity contribution in [3.8, 4) is 11.8 Å². The van der Waals surface area contributed by atoms with Gasteiger partial charge in [-0.15, -0.1) is 0 Å². The van der Waals surface area contributed by atoms with Gasteiger partial charge in [0.2, 0.25) is 0 Å². The zero-order valence-electron chi connectivity index (χ0n) is 16.3. The van der Waals surface area contributed by atoms with Crippen molar-refractivity contribution < 1.29 is 9.63 Å². The maximum atomic E-state index is 12.2. The number of aryl methyl sites for hydroxylation is 2. The van der Waals surface area contributed by atoms with Gasteiger partial charge in [-0.05, 0) is 43.9 Å². The van der Waals surface area contributed by atoms with Crippen LogP contribution in [0.4, 0.5) is 16.3 Å². The summed E-state index contributed by atoms with van der Waals surface area (Å²) in [6, 6.07) is 5.28. The maximum Gasteiger partial charge on any atom is 0.345 e. The van der Waals surface area contributed by atoms with E-state index in [1.807, 2.05) is 32.0 Å². The number of aromatic nitrogens is 4. The van der Waals surface area contributed by atoms with Crippen LogP contribution in [0.3, 0.4) is 0 Å². The lowest BCUT2D eigenvalue weighted by Gasteiger charge is -2.15. The van der Waals surface area contributed by atoms with E-state index in [4.69, 9.17) is 10.6 Å². The minimum Gasteiger partial charge on any atom is -0.383 e. The van der Waals surface area contributed by atoms with Gasteiger partial charge in [-0.2, -0.15) is 5.10 Å². The van der Waals surface area contributed by atoms with Gasteiger partial charge in [-0.25, -0.2) is 24.5 Å². The minimum absolute atomic E-state index is 0.289. The van der Waals surface area contributed by atoms with Gasteiger partial charge in [0.15, 0.2) is 5.65 Å². The first-order chi connectivity index (χ1) is 14.1. The van der Waals surface area contributed by atoms with Crippen LogP contribution in [0.15, 0.2) is 24.5 Å². The van der Waals surface area contributed by atoms with E-state index in [0.717, 1.165) is 17.5 Å². The Morgan fingerprint density at radius 1 is 1.34 bits per heavy atom. The third-order valence-corrected chi connectivity index (χ3v) is 4.64. The number of hydroxylamine groups is 2. The molecule has 0 bridgehead atoms. The standard InChI is InChI=1S/C20H21N7O2/c1-3-26-19-17(18(21)22-12-23-19)16(25-26)8-6-14-11-15(7-5-13(14)2)24-20(28)27-9-4-10-29-27/h5,7,11-12H,3-4,9-10H2,1-2H3,(H,24,28)(H2,21,22,23). The Labute approximate surface area is 167 Å². The number of carbonyl (C=O) groups excluding carboxylic acids is 1. The molecule has 1 aliphatic rings. The maximum absolute atomic E-state index is 12.2. The second kappa shape index (κ2) is 7.77. The Morgan fingerprint density at radius 3 is 2.97 bits per heavy atom. The van der Waals surface area contributed by atoms with E-state index < -0.39 is 0 Å².